The lowest BCUT2D eigenvalue weighted by atomic mass is 9.75. The van der Waals surface area contributed by atoms with Crippen LogP contribution in [0.4, 0.5) is 13.2 Å². The summed E-state index contributed by atoms with van der Waals surface area (Å²) in [6.45, 7) is 2.16. The molecule has 1 aliphatic rings. The third kappa shape index (κ3) is 5.09. The van der Waals surface area contributed by atoms with Gasteiger partial charge in [0.15, 0.2) is 5.78 Å². The number of nitrogens with zero attached hydrogens (tertiary/aromatic N) is 2. The van der Waals surface area contributed by atoms with Crippen molar-refractivity contribution >= 4 is 17.4 Å². The lowest BCUT2D eigenvalue weighted by Crippen LogP contribution is -2.31. The number of carbonyl (C=O) groups is 1. The molecule has 0 aliphatic heterocycles. The smallest absolute Gasteiger partial charge is 0.185 e. The van der Waals surface area contributed by atoms with E-state index in [1.165, 1.54) is 6.07 Å². The van der Waals surface area contributed by atoms with Gasteiger partial charge in [-0.15, -0.1) is 0 Å². The number of carbonyl (C=O) groups excluding carboxylic acids is 1. The van der Waals surface area contributed by atoms with Gasteiger partial charge < -0.3 is 5.73 Å². The van der Waals surface area contributed by atoms with Crippen LogP contribution >= 0.6 is 11.6 Å². The standard InChI is InChI=1S/C25H23ClF3N3O/c1-13-6-14(8-17(30)7-13)18-4-5-31-12-15(18)9-23(33)22-3-2-19(27)25(32-22)24-20(28)10-16(26)11-21(24)29/h2-5,10-14,17H,6-9,30H2,1H3/t13-,14+,17-/m0/s1. The predicted molar refractivity (Wildman–Crippen MR) is 121 cm³/mol. The van der Waals surface area contributed by atoms with Crippen molar-refractivity contribution < 1.29 is 18.0 Å². The molecule has 1 aromatic carbocycles. The third-order valence-corrected chi connectivity index (χ3v) is 6.31. The van der Waals surface area contributed by atoms with Crippen LogP contribution < -0.4 is 5.73 Å². The molecule has 1 saturated carbocycles. The lowest BCUT2D eigenvalue weighted by Gasteiger charge is -2.32. The van der Waals surface area contributed by atoms with Gasteiger partial charge in [-0.1, -0.05) is 18.5 Å². The molecule has 1 fully saturated rings. The Morgan fingerprint density at radius 3 is 2.52 bits per heavy atom. The molecule has 172 valence electrons. The first-order valence-electron chi connectivity index (χ1n) is 10.8. The van der Waals surface area contributed by atoms with Crippen LogP contribution in [-0.4, -0.2) is 21.8 Å². The number of benzene rings is 1. The van der Waals surface area contributed by atoms with Gasteiger partial charge in [-0.3, -0.25) is 9.78 Å². The number of rotatable bonds is 5. The van der Waals surface area contributed by atoms with Crippen molar-refractivity contribution in [3.05, 3.63) is 82.0 Å². The molecule has 33 heavy (non-hydrogen) atoms. The minimum atomic E-state index is -1.06. The second-order valence-electron chi connectivity index (χ2n) is 8.72. The fraction of sp³-hybridized carbons (Fsp3) is 0.320. The van der Waals surface area contributed by atoms with E-state index in [1.807, 2.05) is 6.07 Å². The summed E-state index contributed by atoms with van der Waals surface area (Å²) in [6.07, 6.45) is 6.06. The van der Waals surface area contributed by atoms with Crippen LogP contribution in [0.15, 0.2) is 42.7 Å². The molecule has 0 amide bonds. The van der Waals surface area contributed by atoms with Crippen molar-refractivity contribution in [2.24, 2.45) is 11.7 Å². The Morgan fingerprint density at radius 1 is 1.09 bits per heavy atom. The van der Waals surface area contributed by atoms with Crippen LogP contribution in [0, 0.1) is 23.4 Å². The first-order valence-corrected chi connectivity index (χ1v) is 11.1. The molecule has 1 aliphatic carbocycles. The average Bonchev–Trinajstić information content (AvgIpc) is 2.74. The molecule has 0 saturated heterocycles. The van der Waals surface area contributed by atoms with Crippen molar-refractivity contribution in [1.82, 2.24) is 9.97 Å². The highest BCUT2D eigenvalue weighted by atomic mass is 35.5. The minimum Gasteiger partial charge on any atom is -0.328 e. The number of ketones is 1. The highest BCUT2D eigenvalue weighted by Crippen LogP contribution is 2.37. The zero-order valence-electron chi connectivity index (χ0n) is 18.0. The molecule has 8 heteroatoms. The second-order valence-corrected chi connectivity index (χ2v) is 9.15. The second kappa shape index (κ2) is 9.61. The Kier molecular flexibility index (Phi) is 6.81. The summed E-state index contributed by atoms with van der Waals surface area (Å²) in [4.78, 5) is 21.2. The minimum absolute atomic E-state index is 0.0209. The number of pyridine rings is 2. The molecular weight excluding hydrogens is 451 g/mol. The Balaban J connectivity index is 1.64. The zero-order chi connectivity index (χ0) is 23.7. The van der Waals surface area contributed by atoms with Crippen molar-refractivity contribution in [2.45, 2.75) is 44.6 Å². The quantitative estimate of drug-likeness (QED) is 0.470. The first-order chi connectivity index (χ1) is 15.7. The molecule has 2 heterocycles. The molecule has 3 aromatic rings. The lowest BCUT2D eigenvalue weighted by molar-refractivity contribution is 0.0987. The first kappa shape index (κ1) is 23.4. The van der Waals surface area contributed by atoms with Crippen molar-refractivity contribution in [3.8, 4) is 11.3 Å². The summed E-state index contributed by atoms with van der Waals surface area (Å²) in [5, 5.41) is -0.165. The summed E-state index contributed by atoms with van der Waals surface area (Å²) >= 11 is 5.66. The van der Waals surface area contributed by atoms with E-state index in [2.05, 4.69) is 16.9 Å². The molecular formula is C25H23ClF3N3O. The Bertz CT molecular complexity index is 1170. The summed E-state index contributed by atoms with van der Waals surface area (Å²) < 4.78 is 43.1. The van der Waals surface area contributed by atoms with E-state index in [9.17, 15) is 18.0 Å². The Labute approximate surface area is 195 Å². The monoisotopic (exact) mass is 473 g/mol. The Hall–Kier alpha value is -2.77. The van der Waals surface area contributed by atoms with Crippen LogP contribution in [-0.2, 0) is 6.42 Å². The summed E-state index contributed by atoms with van der Waals surface area (Å²) in [7, 11) is 0. The summed E-state index contributed by atoms with van der Waals surface area (Å²) in [6, 6.07) is 5.93. The number of halogens is 4. The molecule has 0 radical (unpaired) electrons. The molecule has 3 atom stereocenters. The number of nitrogens with two attached hydrogens (primary N) is 1. The molecule has 4 rings (SSSR count). The van der Waals surface area contributed by atoms with Gasteiger partial charge >= 0.3 is 0 Å². The number of Topliss-reactive ketones (excluding diaryl/α,β-unsaturated/α-hetero) is 1. The normalized spacial score (nSPS) is 20.6. The fourth-order valence-corrected chi connectivity index (χ4v) is 4.89. The van der Waals surface area contributed by atoms with E-state index in [0.717, 1.165) is 48.6 Å². The topological polar surface area (TPSA) is 68.9 Å². The predicted octanol–water partition coefficient (Wildman–Crippen LogP) is 5.87. The number of hydrogen-bond donors (Lipinski definition) is 1. The van der Waals surface area contributed by atoms with Crippen LogP contribution in [0.25, 0.3) is 11.3 Å². The highest BCUT2D eigenvalue weighted by Gasteiger charge is 2.28. The van der Waals surface area contributed by atoms with Gasteiger partial charge in [-0.25, -0.2) is 18.2 Å². The van der Waals surface area contributed by atoms with Crippen LogP contribution in [0.3, 0.4) is 0 Å². The van der Waals surface area contributed by atoms with Crippen LogP contribution in [0.5, 0.6) is 0 Å². The summed E-state index contributed by atoms with van der Waals surface area (Å²) in [5.74, 6) is -2.79. The largest absolute Gasteiger partial charge is 0.328 e. The maximum atomic E-state index is 14.4. The molecule has 0 unspecified atom stereocenters. The number of hydrogen-bond acceptors (Lipinski definition) is 4. The maximum absolute atomic E-state index is 14.4. The van der Waals surface area contributed by atoms with E-state index in [1.54, 1.807) is 12.4 Å². The molecule has 0 spiro atoms. The van der Waals surface area contributed by atoms with E-state index in [4.69, 9.17) is 17.3 Å². The number of aromatic nitrogens is 2. The van der Waals surface area contributed by atoms with Crippen LogP contribution in [0.2, 0.25) is 5.02 Å². The van der Waals surface area contributed by atoms with E-state index in [-0.39, 0.29) is 29.1 Å². The molecule has 4 nitrogen and oxygen atoms in total. The highest BCUT2D eigenvalue weighted by molar-refractivity contribution is 6.30. The maximum Gasteiger partial charge on any atom is 0.185 e. The van der Waals surface area contributed by atoms with Gasteiger partial charge in [0.2, 0.25) is 0 Å². The molecule has 2 N–H and O–H groups in total. The summed E-state index contributed by atoms with van der Waals surface area (Å²) in [5.41, 5.74) is 6.63. The van der Waals surface area contributed by atoms with Crippen LogP contribution in [0.1, 0.15) is 53.7 Å². The Morgan fingerprint density at radius 2 is 1.82 bits per heavy atom. The fourth-order valence-electron chi connectivity index (χ4n) is 4.70. The molecule has 0 bridgehead atoms. The SMILES string of the molecule is C[C@@H]1C[C@H](N)C[C@H](c2ccncc2CC(=O)c2ccc(F)c(-c3c(F)cc(Cl)cc3F)n2)C1. The van der Waals surface area contributed by atoms with E-state index < -0.39 is 34.5 Å². The van der Waals surface area contributed by atoms with Gasteiger partial charge in [0.25, 0.3) is 0 Å². The average molecular weight is 474 g/mol. The molecule has 2 aromatic heterocycles. The third-order valence-electron chi connectivity index (χ3n) is 6.09. The van der Waals surface area contributed by atoms with Crippen molar-refractivity contribution in [2.75, 3.05) is 0 Å². The van der Waals surface area contributed by atoms with Gasteiger partial charge in [0, 0.05) is 29.9 Å². The van der Waals surface area contributed by atoms with Gasteiger partial charge in [-0.2, -0.15) is 0 Å². The van der Waals surface area contributed by atoms with Gasteiger partial charge in [0.1, 0.15) is 28.8 Å². The van der Waals surface area contributed by atoms with E-state index in [0.29, 0.717) is 5.92 Å². The van der Waals surface area contributed by atoms with Gasteiger partial charge in [0.05, 0.1) is 5.56 Å². The van der Waals surface area contributed by atoms with Crippen molar-refractivity contribution in [1.29, 1.82) is 0 Å². The zero-order valence-corrected chi connectivity index (χ0v) is 18.7. The van der Waals surface area contributed by atoms with Crippen molar-refractivity contribution in [3.63, 3.8) is 0 Å². The van der Waals surface area contributed by atoms with E-state index >= 15 is 0 Å². The van der Waals surface area contributed by atoms with Gasteiger partial charge in [-0.05, 0) is 72.6 Å².